The first-order chi connectivity index (χ1) is 12.8. The Labute approximate surface area is 157 Å². The summed E-state index contributed by atoms with van der Waals surface area (Å²) in [6.45, 7) is 0.422. The molecule has 1 aromatic carbocycles. The van der Waals surface area contributed by atoms with Crippen molar-refractivity contribution in [2.75, 3.05) is 6.54 Å². The summed E-state index contributed by atoms with van der Waals surface area (Å²) in [4.78, 5) is 12.7. The molecular weight excluding hydrogens is 353 g/mol. The molecule has 0 heterocycles. The van der Waals surface area contributed by atoms with Gasteiger partial charge in [-0.05, 0) is 62.0 Å². The molecule has 3 N–H and O–H groups in total. The molecule has 2 atom stereocenters. The summed E-state index contributed by atoms with van der Waals surface area (Å²) in [7, 11) is 0. The highest BCUT2D eigenvalue weighted by Gasteiger charge is 2.46. The van der Waals surface area contributed by atoms with Crippen LogP contribution in [-0.4, -0.2) is 18.5 Å². The Morgan fingerprint density at radius 3 is 2.44 bits per heavy atom. The molecule has 3 aliphatic rings. The van der Waals surface area contributed by atoms with E-state index in [1.54, 1.807) is 6.07 Å². The van der Waals surface area contributed by atoms with E-state index in [2.05, 4.69) is 5.32 Å². The molecule has 148 valence electrons. The van der Waals surface area contributed by atoms with Crippen LogP contribution in [0.15, 0.2) is 24.3 Å². The van der Waals surface area contributed by atoms with Crippen LogP contribution in [0.4, 0.5) is 13.2 Å². The molecule has 0 radical (unpaired) electrons. The van der Waals surface area contributed by atoms with Crippen LogP contribution >= 0.6 is 0 Å². The first-order valence-corrected chi connectivity index (χ1v) is 9.99. The van der Waals surface area contributed by atoms with Crippen LogP contribution in [0.5, 0.6) is 0 Å². The number of alkyl halides is 3. The first kappa shape index (κ1) is 18.8. The zero-order valence-electron chi connectivity index (χ0n) is 15.4. The van der Waals surface area contributed by atoms with Crippen molar-refractivity contribution in [2.24, 2.45) is 23.5 Å². The van der Waals surface area contributed by atoms with E-state index in [9.17, 15) is 18.0 Å². The molecular formula is C21H27F3N2O. The average Bonchev–Trinajstić information content (AvgIpc) is 3.40. The molecule has 3 aliphatic carbocycles. The Bertz CT molecular complexity index is 700. The molecule has 3 nitrogen and oxygen atoms in total. The van der Waals surface area contributed by atoms with Gasteiger partial charge < -0.3 is 11.1 Å². The van der Waals surface area contributed by atoms with Gasteiger partial charge >= 0.3 is 6.18 Å². The number of benzene rings is 1. The van der Waals surface area contributed by atoms with E-state index in [0.717, 1.165) is 44.6 Å². The average molecular weight is 380 g/mol. The normalized spacial score (nSPS) is 32.0. The largest absolute Gasteiger partial charge is 0.416 e. The van der Waals surface area contributed by atoms with Crippen molar-refractivity contribution < 1.29 is 18.0 Å². The standard InChI is InChI=1S/C21H27F3N2O/c22-21(23,24)17-6-2-5-16(11-17)20(7-8-20)12-26-19(27)15-9-13-3-1-4-14(10-15)18(13)25/h2,5-6,11,13-15,18H,1,3-4,7-10,12,25H2,(H,26,27). The van der Waals surface area contributed by atoms with Crippen LogP contribution < -0.4 is 11.1 Å². The van der Waals surface area contributed by atoms with E-state index < -0.39 is 11.7 Å². The lowest BCUT2D eigenvalue weighted by molar-refractivity contribution is -0.137. The van der Waals surface area contributed by atoms with Crippen molar-refractivity contribution in [3.8, 4) is 0 Å². The van der Waals surface area contributed by atoms with Crippen LogP contribution in [0.25, 0.3) is 0 Å². The third-order valence-electron chi connectivity index (χ3n) is 7.04. The first-order valence-electron chi connectivity index (χ1n) is 9.99. The zero-order valence-corrected chi connectivity index (χ0v) is 15.4. The number of halogens is 3. The summed E-state index contributed by atoms with van der Waals surface area (Å²) in [5.74, 6) is 0.924. The number of carbonyl (C=O) groups is 1. The number of amides is 1. The van der Waals surface area contributed by atoms with Gasteiger partial charge in [0.2, 0.25) is 5.91 Å². The van der Waals surface area contributed by atoms with Crippen molar-refractivity contribution in [3.05, 3.63) is 35.4 Å². The summed E-state index contributed by atoms with van der Waals surface area (Å²) >= 11 is 0. The molecule has 0 saturated heterocycles. The second-order valence-corrected chi connectivity index (χ2v) is 8.77. The van der Waals surface area contributed by atoms with Gasteiger partial charge in [-0.2, -0.15) is 13.2 Å². The van der Waals surface area contributed by atoms with E-state index in [1.165, 1.54) is 18.6 Å². The van der Waals surface area contributed by atoms with Crippen molar-refractivity contribution in [2.45, 2.75) is 62.6 Å². The van der Waals surface area contributed by atoms with Gasteiger partial charge in [0.15, 0.2) is 0 Å². The molecule has 2 unspecified atom stereocenters. The quantitative estimate of drug-likeness (QED) is 0.829. The van der Waals surface area contributed by atoms with E-state index in [-0.39, 0.29) is 23.3 Å². The second kappa shape index (κ2) is 6.80. The van der Waals surface area contributed by atoms with E-state index >= 15 is 0 Å². The molecule has 0 spiro atoms. The Kier molecular flexibility index (Phi) is 4.73. The lowest BCUT2D eigenvalue weighted by Gasteiger charge is -2.43. The van der Waals surface area contributed by atoms with Crippen LogP contribution in [0.2, 0.25) is 0 Å². The highest BCUT2D eigenvalue weighted by atomic mass is 19.4. The third kappa shape index (κ3) is 3.73. The molecule has 6 heteroatoms. The molecule has 1 aromatic rings. The maximum atomic E-state index is 13.0. The van der Waals surface area contributed by atoms with Crippen LogP contribution in [0.3, 0.4) is 0 Å². The number of hydrogen-bond donors (Lipinski definition) is 2. The number of nitrogens with one attached hydrogen (secondary N) is 1. The van der Waals surface area contributed by atoms with Gasteiger partial charge in [-0.1, -0.05) is 24.6 Å². The summed E-state index contributed by atoms with van der Waals surface area (Å²) in [6, 6.07) is 5.77. The fourth-order valence-electron chi connectivity index (χ4n) is 5.15. The molecule has 0 aromatic heterocycles. The Morgan fingerprint density at radius 2 is 1.85 bits per heavy atom. The third-order valence-corrected chi connectivity index (χ3v) is 7.04. The number of rotatable bonds is 4. The lowest BCUT2D eigenvalue weighted by atomic mass is 9.65. The SMILES string of the molecule is NC1C2CCCC1CC(C(=O)NCC1(c3cccc(C(F)(F)F)c3)CC1)C2. The summed E-state index contributed by atoms with van der Waals surface area (Å²) in [6.07, 6.45) is 2.40. The molecule has 0 aliphatic heterocycles. The summed E-state index contributed by atoms with van der Waals surface area (Å²) < 4.78 is 39.0. The van der Waals surface area contributed by atoms with Crippen LogP contribution in [0.1, 0.15) is 56.1 Å². The maximum absolute atomic E-state index is 13.0. The number of fused-ring (bicyclic) bond motifs is 2. The van der Waals surface area contributed by atoms with Gasteiger partial charge in [-0.25, -0.2) is 0 Å². The van der Waals surface area contributed by atoms with Gasteiger partial charge in [0.25, 0.3) is 0 Å². The fraction of sp³-hybridized carbons (Fsp3) is 0.667. The van der Waals surface area contributed by atoms with Gasteiger partial charge in [0.05, 0.1) is 5.56 Å². The second-order valence-electron chi connectivity index (χ2n) is 8.77. The topological polar surface area (TPSA) is 55.1 Å². The van der Waals surface area contributed by atoms with Crippen molar-refractivity contribution in [1.29, 1.82) is 0 Å². The van der Waals surface area contributed by atoms with E-state index in [1.807, 2.05) is 0 Å². The van der Waals surface area contributed by atoms with Crippen molar-refractivity contribution >= 4 is 5.91 Å². The van der Waals surface area contributed by atoms with Crippen molar-refractivity contribution in [3.63, 3.8) is 0 Å². The maximum Gasteiger partial charge on any atom is 0.416 e. The molecule has 4 rings (SSSR count). The number of carbonyl (C=O) groups excluding carboxylic acids is 1. The van der Waals surface area contributed by atoms with E-state index in [0.29, 0.717) is 23.9 Å². The van der Waals surface area contributed by atoms with Gasteiger partial charge in [0, 0.05) is 23.9 Å². The predicted molar refractivity (Wildman–Crippen MR) is 96.9 cm³/mol. The fourth-order valence-corrected chi connectivity index (χ4v) is 5.15. The number of hydrogen-bond acceptors (Lipinski definition) is 2. The lowest BCUT2D eigenvalue weighted by Crippen LogP contribution is -2.49. The Balaban J connectivity index is 1.39. The molecule has 27 heavy (non-hydrogen) atoms. The van der Waals surface area contributed by atoms with E-state index in [4.69, 9.17) is 5.73 Å². The predicted octanol–water partition coefficient (Wildman–Crippen LogP) is 4.01. The Hall–Kier alpha value is -1.56. The minimum atomic E-state index is -4.34. The monoisotopic (exact) mass is 380 g/mol. The van der Waals surface area contributed by atoms with Crippen molar-refractivity contribution in [1.82, 2.24) is 5.32 Å². The number of nitrogens with two attached hydrogens (primary N) is 1. The van der Waals surface area contributed by atoms with Crippen LogP contribution in [0, 0.1) is 17.8 Å². The minimum Gasteiger partial charge on any atom is -0.355 e. The highest BCUT2D eigenvalue weighted by molar-refractivity contribution is 5.79. The summed E-state index contributed by atoms with van der Waals surface area (Å²) in [5.41, 5.74) is 6.03. The summed E-state index contributed by atoms with van der Waals surface area (Å²) in [5, 5.41) is 3.05. The smallest absolute Gasteiger partial charge is 0.355 e. The molecule has 1 amide bonds. The molecule has 3 saturated carbocycles. The van der Waals surface area contributed by atoms with Gasteiger partial charge in [0.1, 0.15) is 0 Å². The molecule has 2 bridgehead atoms. The van der Waals surface area contributed by atoms with Crippen LogP contribution in [-0.2, 0) is 16.4 Å². The highest BCUT2D eigenvalue weighted by Crippen LogP contribution is 2.49. The molecule has 3 fully saturated rings. The minimum absolute atomic E-state index is 0.00240. The van der Waals surface area contributed by atoms with Gasteiger partial charge in [-0.15, -0.1) is 0 Å². The van der Waals surface area contributed by atoms with Gasteiger partial charge in [-0.3, -0.25) is 4.79 Å². The zero-order chi connectivity index (χ0) is 19.2. The Morgan fingerprint density at radius 1 is 1.19 bits per heavy atom.